The number of hydrogen-bond donors (Lipinski definition) is 0. The van der Waals surface area contributed by atoms with E-state index in [1.165, 1.54) is 141 Å². The first kappa shape index (κ1) is 61.6. The summed E-state index contributed by atoms with van der Waals surface area (Å²) >= 11 is 0. The number of allylic oxidation sites excluding steroid dienone is 14. The topological polar surface area (TPSA) is 78.9 Å². The molecule has 1 unspecified atom stereocenters. The van der Waals surface area contributed by atoms with Gasteiger partial charge in [0.05, 0.1) is 0 Å². The molecule has 0 aliphatic carbocycles. The first-order chi connectivity index (χ1) is 32.0. The summed E-state index contributed by atoms with van der Waals surface area (Å²) in [5.41, 5.74) is 0. The van der Waals surface area contributed by atoms with Crippen molar-refractivity contribution in [1.82, 2.24) is 0 Å². The molecule has 0 radical (unpaired) electrons. The van der Waals surface area contributed by atoms with Crippen LogP contribution in [0.15, 0.2) is 85.1 Å². The lowest BCUT2D eigenvalue weighted by Gasteiger charge is -2.18. The molecule has 0 amide bonds. The molecule has 0 aromatic rings. The minimum Gasteiger partial charge on any atom is -0.462 e. The highest BCUT2D eigenvalue weighted by atomic mass is 16.6. The van der Waals surface area contributed by atoms with Crippen molar-refractivity contribution in [2.24, 2.45) is 0 Å². The quantitative estimate of drug-likeness (QED) is 0.0199. The van der Waals surface area contributed by atoms with E-state index in [9.17, 15) is 14.4 Å². The Morgan fingerprint density at radius 1 is 0.323 bits per heavy atom. The van der Waals surface area contributed by atoms with E-state index in [1.54, 1.807) is 0 Å². The first-order valence-corrected chi connectivity index (χ1v) is 27.2. The molecule has 6 heteroatoms. The Hall–Kier alpha value is -3.41. The molecule has 0 aromatic heterocycles. The Kier molecular flexibility index (Phi) is 50.4. The number of rotatable bonds is 48. The third-order valence-electron chi connectivity index (χ3n) is 11.5. The molecule has 0 saturated heterocycles. The molecular weight excluding hydrogens is 805 g/mol. The molecule has 1 atom stereocenters. The van der Waals surface area contributed by atoms with Crippen LogP contribution in [-0.2, 0) is 28.6 Å². The highest BCUT2D eigenvalue weighted by Crippen LogP contribution is 2.14. The average Bonchev–Trinajstić information content (AvgIpc) is 3.30. The summed E-state index contributed by atoms with van der Waals surface area (Å²) in [6.45, 7) is 6.44. The number of unbranched alkanes of at least 4 members (excludes halogenated alkanes) is 27. The lowest BCUT2D eigenvalue weighted by molar-refractivity contribution is -0.167. The van der Waals surface area contributed by atoms with Crippen molar-refractivity contribution in [3.8, 4) is 0 Å². The lowest BCUT2D eigenvalue weighted by Crippen LogP contribution is -2.30. The van der Waals surface area contributed by atoms with Crippen LogP contribution in [0.3, 0.4) is 0 Å². The standard InChI is InChI=1S/C59H100O6/c1-4-7-10-13-16-19-22-25-28-29-32-34-37-40-43-46-49-52-58(61)64-55-56(65-59(62)53-50-47-44-41-38-35-31-27-24-21-18-15-12-9-6-3)54-63-57(60)51-48-45-42-39-36-33-30-26-23-20-17-14-11-8-5-2/h9,12,15,18,20-21,23-25,27-28,31,35,38,56H,4-8,10-11,13-14,16-17,19,22,26,29-30,32-34,36-37,39-55H2,1-3H3/b12-9-,18-15-,23-20-,24-21-,28-25-,31-27-,38-35-. The van der Waals surface area contributed by atoms with Crippen LogP contribution in [0.5, 0.6) is 0 Å². The van der Waals surface area contributed by atoms with Gasteiger partial charge in [0.15, 0.2) is 6.10 Å². The molecule has 0 heterocycles. The Morgan fingerprint density at radius 3 is 1.02 bits per heavy atom. The molecule has 0 bridgehead atoms. The number of carbonyl (C=O) groups is 3. The molecule has 372 valence electrons. The lowest BCUT2D eigenvalue weighted by atomic mass is 10.1. The van der Waals surface area contributed by atoms with Gasteiger partial charge in [0.1, 0.15) is 13.2 Å². The summed E-state index contributed by atoms with van der Waals surface area (Å²) in [7, 11) is 0. The largest absolute Gasteiger partial charge is 0.462 e. The third kappa shape index (κ3) is 51.4. The highest BCUT2D eigenvalue weighted by Gasteiger charge is 2.19. The van der Waals surface area contributed by atoms with Crippen molar-refractivity contribution in [3.63, 3.8) is 0 Å². The smallest absolute Gasteiger partial charge is 0.306 e. The maximum absolute atomic E-state index is 12.8. The van der Waals surface area contributed by atoms with Crippen LogP contribution in [0, 0.1) is 0 Å². The second-order valence-electron chi connectivity index (χ2n) is 17.9. The van der Waals surface area contributed by atoms with E-state index in [0.717, 1.165) is 64.2 Å². The van der Waals surface area contributed by atoms with Gasteiger partial charge in [-0.2, -0.15) is 0 Å². The van der Waals surface area contributed by atoms with E-state index >= 15 is 0 Å². The molecule has 0 fully saturated rings. The van der Waals surface area contributed by atoms with Gasteiger partial charge in [0.25, 0.3) is 0 Å². The third-order valence-corrected chi connectivity index (χ3v) is 11.5. The molecular formula is C59H100O6. The Balaban J connectivity index is 4.46. The normalized spacial score (nSPS) is 12.7. The summed E-state index contributed by atoms with van der Waals surface area (Å²) in [5, 5.41) is 0. The highest BCUT2D eigenvalue weighted by molar-refractivity contribution is 5.71. The van der Waals surface area contributed by atoms with E-state index in [-0.39, 0.29) is 37.5 Å². The fourth-order valence-electron chi connectivity index (χ4n) is 7.39. The fraction of sp³-hybridized carbons (Fsp3) is 0.712. The van der Waals surface area contributed by atoms with Crippen LogP contribution in [-0.4, -0.2) is 37.2 Å². The minimum atomic E-state index is -0.802. The summed E-state index contributed by atoms with van der Waals surface area (Å²) < 4.78 is 16.8. The molecule has 6 nitrogen and oxygen atoms in total. The van der Waals surface area contributed by atoms with Crippen molar-refractivity contribution < 1.29 is 28.6 Å². The van der Waals surface area contributed by atoms with Gasteiger partial charge in [-0.25, -0.2) is 0 Å². The van der Waals surface area contributed by atoms with E-state index < -0.39 is 6.10 Å². The van der Waals surface area contributed by atoms with Gasteiger partial charge in [0.2, 0.25) is 0 Å². The predicted molar refractivity (Wildman–Crippen MR) is 279 cm³/mol. The second kappa shape index (κ2) is 53.2. The monoisotopic (exact) mass is 905 g/mol. The summed E-state index contributed by atoms with van der Waals surface area (Å²) in [5.74, 6) is -0.946. The Labute approximate surface area is 401 Å². The van der Waals surface area contributed by atoms with Crippen LogP contribution in [0.2, 0.25) is 0 Å². The number of carbonyl (C=O) groups excluding carboxylic acids is 3. The van der Waals surface area contributed by atoms with Gasteiger partial charge >= 0.3 is 17.9 Å². The van der Waals surface area contributed by atoms with Gasteiger partial charge < -0.3 is 14.2 Å². The summed E-state index contributed by atoms with van der Waals surface area (Å²) in [4.78, 5) is 38.1. The maximum Gasteiger partial charge on any atom is 0.306 e. The predicted octanol–water partition coefficient (Wildman–Crippen LogP) is 18.0. The van der Waals surface area contributed by atoms with Crippen LogP contribution >= 0.6 is 0 Å². The zero-order chi connectivity index (χ0) is 47.2. The van der Waals surface area contributed by atoms with Gasteiger partial charge in [-0.15, -0.1) is 0 Å². The van der Waals surface area contributed by atoms with Crippen molar-refractivity contribution in [2.45, 2.75) is 258 Å². The van der Waals surface area contributed by atoms with Crippen LogP contribution in [0.25, 0.3) is 0 Å². The first-order valence-electron chi connectivity index (χ1n) is 27.2. The summed E-state index contributed by atoms with van der Waals surface area (Å²) in [6.07, 6.45) is 68.5. The molecule has 0 spiro atoms. The van der Waals surface area contributed by atoms with Crippen molar-refractivity contribution in [2.75, 3.05) is 13.2 Å². The molecule has 0 rings (SSSR count). The van der Waals surface area contributed by atoms with Crippen LogP contribution in [0.1, 0.15) is 252 Å². The number of ether oxygens (including phenoxy) is 3. The van der Waals surface area contributed by atoms with Gasteiger partial charge in [-0.1, -0.05) is 228 Å². The van der Waals surface area contributed by atoms with Gasteiger partial charge in [0, 0.05) is 19.3 Å². The average molecular weight is 905 g/mol. The zero-order valence-corrected chi connectivity index (χ0v) is 42.5. The van der Waals surface area contributed by atoms with E-state index in [4.69, 9.17) is 14.2 Å². The zero-order valence-electron chi connectivity index (χ0n) is 42.5. The van der Waals surface area contributed by atoms with Crippen LogP contribution in [0.4, 0.5) is 0 Å². The minimum absolute atomic E-state index is 0.0975. The van der Waals surface area contributed by atoms with Crippen molar-refractivity contribution in [1.29, 1.82) is 0 Å². The van der Waals surface area contributed by atoms with E-state index in [0.29, 0.717) is 19.3 Å². The van der Waals surface area contributed by atoms with Crippen LogP contribution < -0.4 is 0 Å². The van der Waals surface area contributed by atoms with Gasteiger partial charge in [-0.05, 0) is 89.9 Å². The maximum atomic E-state index is 12.8. The molecule has 0 saturated carbocycles. The van der Waals surface area contributed by atoms with E-state index in [1.807, 2.05) is 48.6 Å². The molecule has 0 N–H and O–H groups in total. The van der Waals surface area contributed by atoms with Gasteiger partial charge in [-0.3, -0.25) is 14.4 Å². The molecule has 0 aliphatic rings. The Morgan fingerprint density at radius 2 is 0.615 bits per heavy atom. The summed E-state index contributed by atoms with van der Waals surface area (Å²) in [6, 6.07) is 0. The second-order valence-corrected chi connectivity index (χ2v) is 17.9. The fourth-order valence-corrected chi connectivity index (χ4v) is 7.39. The van der Waals surface area contributed by atoms with Crippen molar-refractivity contribution in [3.05, 3.63) is 85.1 Å². The molecule has 0 aromatic carbocycles. The SMILES string of the molecule is CC\C=C/C=C\C=C/C=C\C=C/CCCCCC(=O)OC(COC(=O)CCCCCCCCC/C=C\CCCCCC)COC(=O)CCCCCCCCC/C=C\CCCCCCCC. The Bertz CT molecular complexity index is 1270. The number of esters is 3. The van der Waals surface area contributed by atoms with Crippen molar-refractivity contribution >= 4 is 17.9 Å². The number of hydrogen-bond acceptors (Lipinski definition) is 6. The molecule has 0 aliphatic heterocycles. The molecule has 65 heavy (non-hydrogen) atoms. The van der Waals surface area contributed by atoms with E-state index in [2.05, 4.69) is 57.2 Å².